The van der Waals surface area contributed by atoms with Crippen molar-refractivity contribution in [1.82, 2.24) is 10.2 Å². The number of nitrogens with one attached hydrogen (secondary N) is 1. The highest BCUT2D eigenvalue weighted by atomic mass is 32.2. The molecule has 2 aromatic carbocycles. The lowest BCUT2D eigenvalue weighted by Crippen LogP contribution is -2.36. The minimum atomic E-state index is -3.90. The number of hydrogen-bond donors (Lipinski definition) is 1. The Morgan fingerprint density at radius 1 is 0.966 bits per heavy atom. The summed E-state index contributed by atoms with van der Waals surface area (Å²) in [5.74, 6) is 0.164. The number of morpholine rings is 1. The van der Waals surface area contributed by atoms with Gasteiger partial charge in [-0.3, -0.25) is 4.72 Å². The van der Waals surface area contributed by atoms with Gasteiger partial charge in [-0.1, -0.05) is 18.2 Å². The van der Waals surface area contributed by atoms with Crippen molar-refractivity contribution in [2.75, 3.05) is 35.9 Å². The molecule has 7 nitrogen and oxygen atoms in total. The number of halogens is 1. The van der Waals surface area contributed by atoms with Crippen molar-refractivity contribution in [3.05, 3.63) is 66.5 Å². The maximum atomic E-state index is 13.4. The Balaban J connectivity index is 1.54. The Bertz CT molecular complexity index is 1100. The van der Waals surface area contributed by atoms with Gasteiger partial charge in [-0.2, -0.15) is 0 Å². The lowest BCUT2D eigenvalue weighted by molar-refractivity contribution is 0.122. The van der Waals surface area contributed by atoms with Gasteiger partial charge < -0.3 is 9.64 Å². The SMILES string of the molecule is O=S(=O)(Nc1cccc(-c2ccc(N3CCOCC3)nn2)c1)c1cccc(F)c1. The van der Waals surface area contributed by atoms with Crippen LogP contribution in [0.25, 0.3) is 11.3 Å². The van der Waals surface area contributed by atoms with Gasteiger partial charge in [0.15, 0.2) is 5.82 Å². The van der Waals surface area contributed by atoms with E-state index in [-0.39, 0.29) is 4.90 Å². The fourth-order valence-electron chi connectivity index (χ4n) is 3.03. The molecule has 0 unspecified atom stereocenters. The topological polar surface area (TPSA) is 84.4 Å². The fourth-order valence-corrected chi connectivity index (χ4v) is 4.11. The highest BCUT2D eigenvalue weighted by Crippen LogP contribution is 2.24. The van der Waals surface area contributed by atoms with E-state index in [2.05, 4.69) is 19.8 Å². The summed E-state index contributed by atoms with van der Waals surface area (Å²) >= 11 is 0. The van der Waals surface area contributed by atoms with Crippen LogP contribution < -0.4 is 9.62 Å². The lowest BCUT2D eigenvalue weighted by Gasteiger charge is -2.27. The van der Waals surface area contributed by atoms with Gasteiger partial charge in [0.05, 0.1) is 23.8 Å². The zero-order valence-corrected chi connectivity index (χ0v) is 16.3. The highest BCUT2D eigenvalue weighted by Gasteiger charge is 2.16. The molecule has 3 aromatic rings. The van der Waals surface area contributed by atoms with Gasteiger partial charge in [-0.05, 0) is 42.5 Å². The fraction of sp³-hybridized carbons (Fsp3) is 0.200. The number of nitrogens with zero attached hydrogens (tertiary/aromatic N) is 3. The van der Waals surface area contributed by atoms with E-state index in [0.29, 0.717) is 30.2 Å². The molecule has 1 fully saturated rings. The van der Waals surface area contributed by atoms with Crippen LogP contribution in [-0.2, 0) is 14.8 Å². The molecule has 150 valence electrons. The van der Waals surface area contributed by atoms with Crippen LogP contribution in [0.4, 0.5) is 15.9 Å². The molecule has 0 spiro atoms. The molecule has 1 saturated heterocycles. The number of aromatic nitrogens is 2. The first-order chi connectivity index (χ1) is 14.0. The highest BCUT2D eigenvalue weighted by molar-refractivity contribution is 7.92. The Kier molecular flexibility index (Phi) is 5.41. The van der Waals surface area contributed by atoms with Crippen LogP contribution in [0.5, 0.6) is 0 Å². The van der Waals surface area contributed by atoms with E-state index in [1.54, 1.807) is 18.2 Å². The van der Waals surface area contributed by atoms with E-state index >= 15 is 0 Å². The first kappa shape index (κ1) is 19.3. The molecule has 29 heavy (non-hydrogen) atoms. The average Bonchev–Trinajstić information content (AvgIpc) is 2.74. The van der Waals surface area contributed by atoms with Crippen LogP contribution in [-0.4, -0.2) is 44.9 Å². The summed E-state index contributed by atoms with van der Waals surface area (Å²) in [7, 11) is -3.90. The van der Waals surface area contributed by atoms with Crippen molar-refractivity contribution in [3.8, 4) is 11.3 Å². The van der Waals surface area contributed by atoms with Gasteiger partial charge in [0.1, 0.15) is 5.82 Å². The largest absolute Gasteiger partial charge is 0.378 e. The second-order valence-electron chi connectivity index (χ2n) is 6.52. The summed E-state index contributed by atoms with van der Waals surface area (Å²) < 4.78 is 46.2. The second kappa shape index (κ2) is 8.14. The molecular formula is C20H19FN4O3S. The molecule has 0 amide bonds. The first-order valence-electron chi connectivity index (χ1n) is 9.06. The van der Waals surface area contributed by atoms with E-state index in [4.69, 9.17) is 4.74 Å². The first-order valence-corrected chi connectivity index (χ1v) is 10.5. The van der Waals surface area contributed by atoms with Crippen LogP contribution in [0.1, 0.15) is 0 Å². The molecule has 0 aliphatic carbocycles. The smallest absolute Gasteiger partial charge is 0.261 e. The van der Waals surface area contributed by atoms with Gasteiger partial charge >= 0.3 is 0 Å². The summed E-state index contributed by atoms with van der Waals surface area (Å²) in [6, 6.07) is 15.4. The summed E-state index contributed by atoms with van der Waals surface area (Å²) in [6.07, 6.45) is 0. The number of hydrogen-bond acceptors (Lipinski definition) is 6. The number of sulfonamides is 1. The van der Waals surface area contributed by atoms with E-state index < -0.39 is 15.8 Å². The zero-order valence-electron chi connectivity index (χ0n) is 15.5. The number of ether oxygens (including phenoxy) is 1. The normalized spacial score (nSPS) is 14.6. The number of anilines is 2. The van der Waals surface area contributed by atoms with Crippen LogP contribution in [0.2, 0.25) is 0 Å². The third-order valence-corrected chi connectivity index (χ3v) is 5.88. The minimum Gasteiger partial charge on any atom is -0.378 e. The van der Waals surface area contributed by atoms with E-state index in [1.165, 1.54) is 18.2 Å². The van der Waals surface area contributed by atoms with E-state index in [9.17, 15) is 12.8 Å². The van der Waals surface area contributed by atoms with Gasteiger partial charge in [-0.25, -0.2) is 12.8 Å². The van der Waals surface area contributed by atoms with Gasteiger partial charge in [0.2, 0.25) is 0 Å². The molecule has 0 radical (unpaired) electrons. The van der Waals surface area contributed by atoms with E-state index in [1.807, 2.05) is 18.2 Å². The van der Waals surface area contributed by atoms with Crippen molar-refractivity contribution in [3.63, 3.8) is 0 Å². The van der Waals surface area contributed by atoms with Crippen molar-refractivity contribution >= 4 is 21.5 Å². The molecule has 1 aromatic heterocycles. The van der Waals surface area contributed by atoms with Gasteiger partial charge in [0.25, 0.3) is 10.0 Å². The Hall–Kier alpha value is -3.04. The van der Waals surface area contributed by atoms with Crippen LogP contribution in [0.15, 0.2) is 65.6 Å². The summed E-state index contributed by atoms with van der Waals surface area (Å²) in [6.45, 7) is 2.87. The molecular weight excluding hydrogens is 395 g/mol. The van der Waals surface area contributed by atoms with Gasteiger partial charge in [-0.15, -0.1) is 10.2 Å². The molecule has 2 heterocycles. The summed E-state index contributed by atoms with van der Waals surface area (Å²) in [4.78, 5) is 1.96. The molecule has 9 heteroatoms. The van der Waals surface area contributed by atoms with Crippen molar-refractivity contribution in [2.24, 2.45) is 0 Å². The minimum absolute atomic E-state index is 0.141. The number of rotatable bonds is 5. The van der Waals surface area contributed by atoms with Crippen molar-refractivity contribution in [2.45, 2.75) is 4.90 Å². The average molecular weight is 414 g/mol. The quantitative estimate of drug-likeness (QED) is 0.691. The maximum absolute atomic E-state index is 13.4. The predicted octanol–water partition coefficient (Wildman–Crippen LogP) is 2.92. The Morgan fingerprint density at radius 3 is 2.48 bits per heavy atom. The Morgan fingerprint density at radius 2 is 1.76 bits per heavy atom. The maximum Gasteiger partial charge on any atom is 0.261 e. The van der Waals surface area contributed by atoms with Crippen LogP contribution >= 0.6 is 0 Å². The zero-order chi connectivity index (χ0) is 20.3. The predicted molar refractivity (Wildman–Crippen MR) is 108 cm³/mol. The summed E-state index contributed by atoms with van der Waals surface area (Å²) in [5.41, 5.74) is 1.69. The van der Waals surface area contributed by atoms with E-state index in [0.717, 1.165) is 25.0 Å². The number of benzene rings is 2. The van der Waals surface area contributed by atoms with Gasteiger partial charge in [0, 0.05) is 24.3 Å². The Labute approximate surface area is 168 Å². The third kappa shape index (κ3) is 4.52. The third-order valence-electron chi connectivity index (χ3n) is 4.50. The molecule has 0 bridgehead atoms. The molecule has 0 saturated carbocycles. The molecule has 1 N–H and O–H groups in total. The van der Waals surface area contributed by atoms with Crippen molar-refractivity contribution < 1.29 is 17.5 Å². The molecule has 0 atom stereocenters. The lowest BCUT2D eigenvalue weighted by atomic mass is 10.1. The molecule has 1 aliphatic heterocycles. The van der Waals surface area contributed by atoms with Crippen LogP contribution in [0, 0.1) is 5.82 Å². The van der Waals surface area contributed by atoms with Crippen LogP contribution in [0.3, 0.4) is 0 Å². The monoisotopic (exact) mass is 414 g/mol. The molecule has 4 rings (SSSR count). The second-order valence-corrected chi connectivity index (χ2v) is 8.20. The summed E-state index contributed by atoms with van der Waals surface area (Å²) in [5, 5.41) is 8.55. The standard InChI is InChI=1S/C20H19FN4O3S/c21-16-4-2-6-18(14-16)29(26,27)24-17-5-1-3-15(13-17)19-7-8-20(23-22-19)25-9-11-28-12-10-25/h1-8,13-14,24H,9-12H2. The molecule has 1 aliphatic rings. The van der Waals surface area contributed by atoms with Crippen molar-refractivity contribution in [1.29, 1.82) is 0 Å².